The fraction of sp³-hybridized carbons (Fsp3) is 0.286. The molecule has 0 aliphatic heterocycles. The number of hydrogen-bond donors (Lipinski definition) is 0. The summed E-state index contributed by atoms with van der Waals surface area (Å²) in [6.07, 6.45) is 7.53. The molecular formula is C21H23N3O3. The highest BCUT2D eigenvalue weighted by Crippen LogP contribution is 2.28. The molecule has 1 amide bonds. The van der Waals surface area contributed by atoms with Gasteiger partial charge in [-0.2, -0.15) is 5.26 Å². The predicted molar refractivity (Wildman–Crippen MR) is 103 cm³/mol. The van der Waals surface area contributed by atoms with Crippen LogP contribution < -0.4 is 9.47 Å². The number of carbonyl (C=O) groups excluding carboxylic acids is 1. The van der Waals surface area contributed by atoms with Crippen LogP contribution in [0.4, 0.5) is 0 Å². The first-order valence-electron chi connectivity index (χ1n) is 8.65. The molecule has 1 aromatic carbocycles. The van der Waals surface area contributed by atoms with Crippen molar-refractivity contribution < 1.29 is 14.3 Å². The second kappa shape index (κ2) is 10.6. The van der Waals surface area contributed by atoms with Crippen LogP contribution in [0.1, 0.15) is 24.5 Å². The summed E-state index contributed by atoms with van der Waals surface area (Å²) >= 11 is 0. The Labute approximate surface area is 159 Å². The summed E-state index contributed by atoms with van der Waals surface area (Å²) in [4.78, 5) is 18.3. The minimum Gasteiger partial charge on any atom is -0.493 e. The fourth-order valence-corrected chi connectivity index (χ4v) is 2.52. The monoisotopic (exact) mass is 365 g/mol. The summed E-state index contributed by atoms with van der Waals surface area (Å²) in [6.45, 7) is 2.53. The maximum atomic E-state index is 12.6. The summed E-state index contributed by atoms with van der Waals surface area (Å²) in [5, 5.41) is 8.86. The van der Waals surface area contributed by atoms with Gasteiger partial charge in [0.05, 0.1) is 19.6 Å². The Morgan fingerprint density at radius 3 is 2.85 bits per heavy atom. The smallest absolute Gasteiger partial charge is 0.260 e. The molecule has 0 aliphatic carbocycles. The lowest BCUT2D eigenvalue weighted by Gasteiger charge is -2.22. The molecule has 0 unspecified atom stereocenters. The number of benzene rings is 1. The number of carbonyl (C=O) groups is 1. The Morgan fingerprint density at radius 2 is 2.19 bits per heavy atom. The Bertz CT molecular complexity index is 813. The molecule has 0 N–H and O–H groups in total. The quantitative estimate of drug-likeness (QED) is 0.680. The minimum atomic E-state index is -0.200. The summed E-state index contributed by atoms with van der Waals surface area (Å²) < 4.78 is 11.0. The molecule has 2 aromatic rings. The van der Waals surface area contributed by atoms with Gasteiger partial charge in [-0.3, -0.25) is 9.78 Å². The summed E-state index contributed by atoms with van der Waals surface area (Å²) in [7, 11) is 1.56. The van der Waals surface area contributed by atoms with Gasteiger partial charge in [0.1, 0.15) is 0 Å². The van der Waals surface area contributed by atoms with Gasteiger partial charge in [0.15, 0.2) is 18.1 Å². The largest absolute Gasteiger partial charge is 0.493 e. The SMILES string of the molecule is C/C=C/c1ccc(OCC(=O)N(CCC#N)Cc2cccnc2)c(OC)c1. The first-order chi connectivity index (χ1) is 13.2. The van der Waals surface area contributed by atoms with E-state index >= 15 is 0 Å². The van der Waals surface area contributed by atoms with Crippen LogP contribution in [0.15, 0.2) is 48.8 Å². The highest BCUT2D eigenvalue weighted by Gasteiger charge is 2.16. The van der Waals surface area contributed by atoms with Crippen LogP contribution in [-0.4, -0.2) is 36.1 Å². The molecule has 0 aliphatic rings. The third-order valence-electron chi connectivity index (χ3n) is 3.84. The van der Waals surface area contributed by atoms with Crippen molar-refractivity contribution in [2.45, 2.75) is 19.9 Å². The van der Waals surface area contributed by atoms with Crippen LogP contribution >= 0.6 is 0 Å². The molecule has 1 aromatic heterocycles. The van der Waals surface area contributed by atoms with Crippen LogP contribution in [0, 0.1) is 11.3 Å². The van der Waals surface area contributed by atoms with E-state index in [1.807, 2.05) is 43.3 Å². The molecule has 6 nitrogen and oxygen atoms in total. The van der Waals surface area contributed by atoms with Crippen molar-refractivity contribution >= 4 is 12.0 Å². The van der Waals surface area contributed by atoms with E-state index < -0.39 is 0 Å². The Hall–Kier alpha value is -3.33. The number of allylic oxidation sites excluding steroid dienone is 1. The zero-order valence-electron chi connectivity index (χ0n) is 15.6. The highest BCUT2D eigenvalue weighted by atomic mass is 16.5. The molecule has 140 valence electrons. The van der Waals surface area contributed by atoms with Crippen molar-refractivity contribution in [3.63, 3.8) is 0 Å². The maximum absolute atomic E-state index is 12.6. The van der Waals surface area contributed by atoms with Gasteiger partial charge in [0.2, 0.25) is 0 Å². The summed E-state index contributed by atoms with van der Waals surface area (Å²) in [6, 6.07) is 11.3. The average molecular weight is 365 g/mol. The van der Waals surface area contributed by atoms with Crippen molar-refractivity contribution in [3.8, 4) is 17.6 Å². The Kier molecular flexibility index (Phi) is 7.86. The number of pyridine rings is 1. The first-order valence-corrected chi connectivity index (χ1v) is 8.65. The Morgan fingerprint density at radius 1 is 1.33 bits per heavy atom. The van der Waals surface area contributed by atoms with E-state index in [9.17, 15) is 4.79 Å². The molecule has 27 heavy (non-hydrogen) atoms. The van der Waals surface area contributed by atoms with Crippen molar-refractivity contribution in [2.75, 3.05) is 20.3 Å². The van der Waals surface area contributed by atoms with Crippen LogP contribution in [0.25, 0.3) is 6.08 Å². The lowest BCUT2D eigenvalue weighted by atomic mass is 10.2. The molecule has 0 atom stereocenters. The molecule has 0 radical (unpaired) electrons. The van der Waals surface area contributed by atoms with E-state index in [0.29, 0.717) is 24.6 Å². The third-order valence-corrected chi connectivity index (χ3v) is 3.84. The second-order valence-electron chi connectivity index (χ2n) is 5.78. The molecule has 0 spiro atoms. The van der Waals surface area contributed by atoms with Gasteiger partial charge >= 0.3 is 0 Å². The molecule has 6 heteroatoms. The van der Waals surface area contributed by atoms with Crippen LogP contribution in [0.2, 0.25) is 0 Å². The van der Waals surface area contributed by atoms with E-state index in [-0.39, 0.29) is 18.9 Å². The van der Waals surface area contributed by atoms with Crippen molar-refractivity contribution in [1.82, 2.24) is 9.88 Å². The molecule has 0 bridgehead atoms. The average Bonchev–Trinajstić information content (AvgIpc) is 2.70. The summed E-state index contributed by atoms with van der Waals surface area (Å²) in [5.74, 6) is 0.864. The van der Waals surface area contributed by atoms with Gasteiger partial charge in [-0.1, -0.05) is 24.3 Å². The number of hydrogen-bond acceptors (Lipinski definition) is 5. The van der Waals surface area contributed by atoms with Crippen LogP contribution in [0.3, 0.4) is 0 Å². The van der Waals surface area contributed by atoms with Crippen molar-refractivity contribution in [1.29, 1.82) is 5.26 Å². The molecule has 1 heterocycles. The normalized spacial score (nSPS) is 10.4. The number of rotatable bonds is 9. The number of methoxy groups -OCH3 is 1. The zero-order valence-corrected chi connectivity index (χ0v) is 15.6. The second-order valence-corrected chi connectivity index (χ2v) is 5.78. The van der Waals surface area contributed by atoms with Crippen molar-refractivity contribution in [3.05, 3.63) is 59.9 Å². The number of aromatic nitrogens is 1. The number of nitriles is 1. The zero-order chi connectivity index (χ0) is 19.5. The maximum Gasteiger partial charge on any atom is 0.260 e. The highest BCUT2D eigenvalue weighted by molar-refractivity contribution is 5.78. The molecule has 0 saturated heterocycles. The Balaban J connectivity index is 2.05. The molecular weight excluding hydrogens is 342 g/mol. The lowest BCUT2D eigenvalue weighted by Crippen LogP contribution is -2.35. The standard InChI is InChI=1S/C21H23N3O3/c1-3-6-17-8-9-19(20(13-17)26-2)27-16-21(25)24(12-5-10-22)15-18-7-4-11-23-14-18/h3-4,6-9,11,13-14H,5,12,15-16H2,1-2H3/b6-3+. The van der Waals surface area contributed by atoms with Gasteiger partial charge in [-0.05, 0) is 36.2 Å². The van der Waals surface area contributed by atoms with E-state index in [4.69, 9.17) is 14.7 Å². The van der Waals surface area contributed by atoms with Crippen molar-refractivity contribution in [2.24, 2.45) is 0 Å². The van der Waals surface area contributed by atoms with E-state index in [1.165, 1.54) is 0 Å². The van der Waals surface area contributed by atoms with Gasteiger partial charge in [0.25, 0.3) is 5.91 Å². The predicted octanol–water partition coefficient (Wildman–Crippen LogP) is 3.44. The van der Waals surface area contributed by atoms with Gasteiger partial charge in [-0.25, -0.2) is 0 Å². The molecule has 2 rings (SSSR count). The summed E-state index contributed by atoms with van der Waals surface area (Å²) in [5.41, 5.74) is 1.89. The molecule has 0 saturated carbocycles. The van der Waals surface area contributed by atoms with Gasteiger partial charge < -0.3 is 14.4 Å². The van der Waals surface area contributed by atoms with Gasteiger partial charge in [0, 0.05) is 25.5 Å². The topological polar surface area (TPSA) is 75.5 Å². The van der Waals surface area contributed by atoms with Crippen LogP contribution in [-0.2, 0) is 11.3 Å². The van der Waals surface area contributed by atoms with Crippen LogP contribution in [0.5, 0.6) is 11.5 Å². The lowest BCUT2D eigenvalue weighted by molar-refractivity contribution is -0.134. The van der Waals surface area contributed by atoms with E-state index in [2.05, 4.69) is 11.1 Å². The third kappa shape index (κ3) is 6.15. The number of amides is 1. The minimum absolute atomic E-state index is 0.134. The number of ether oxygens (including phenoxy) is 2. The van der Waals surface area contributed by atoms with E-state index in [0.717, 1.165) is 11.1 Å². The number of nitrogens with zero attached hydrogens (tertiary/aromatic N) is 3. The fourth-order valence-electron chi connectivity index (χ4n) is 2.52. The van der Waals surface area contributed by atoms with E-state index in [1.54, 1.807) is 30.5 Å². The molecule has 0 fully saturated rings. The van der Waals surface area contributed by atoms with Gasteiger partial charge in [-0.15, -0.1) is 0 Å². The first kappa shape index (κ1) is 20.0.